The number of hydrogen-bond acceptors (Lipinski definition) is 4. The number of piperazine rings is 1. The molecule has 0 atom stereocenters. The van der Waals surface area contributed by atoms with Crippen molar-refractivity contribution in [2.75, 3.05) is 33.3 Å². The van der Waals surface area contributed by atoms with Crippen LogP contribution in [-0.2, 0) is 4.74 Å². The van der Waals surface area contributed by atoms with E-state index < -0.39 is 0 Å². The summed E-state index contributed by atoms with van der Waals surface area (Å²) in [4.78, 5) is 12.8. The average Bonchev–Trinajstić information content (AvgIpc) is 2.38. The lowest BCUT2D eigenvalue weighted by Gasteiger charge is -2.37. The highest BCUT2D eigenvalue weighted by atomic mass is 16.5. The molecule has 1 aliphatic rings. The Bertz CT molecular complexity index is 328. The summed E-state index contributed by atoms with van der Waals surface area (Å²) in [7, 11) is 1.59. The predicted octanol–water partition coefficient (Wildman–Crippen LogP) is 1.58. The summed E-state index contributed by atoms with van der Waals surface area (Å²) in [6.45, 7) is 14.0. The molecule has 1 fully saturated rings. The van der Waals surface area contributed by atoms with Crippen molar-refractivity contribution in [2.45, 2.75) is 26.8 Å². The van der Waals surface area contributed by atoms with E-state index in [9.17, 15) is 0 Å². The molecule has 0 bridgehead atoms. The summed E-state index contributed by atoms with van der Waals surface area (Å²) < 4.78 is 5.11. The lowest BCUT2D eigenvalue weighted by Crippen LogP contribution is -2.50. The van der Waals surface area contributed by atoms with Crippen LogP contribution in [0.5, 0.6) is 0 Å². The van der Waals surface area contributed by atoms with Gasteiger partial charge in [0.1, 0.15) is 5.84 Å². The number of nitrogens with zero attached hydrogens (tertiary/aromatic N) is 4. The summed E-state index contributed by atoms with van der Waals surface area (Å²) in [5.74, 6) is 1.46. The highest BCUT2D eigenvalue weighted by molar-refractivity contribution is 5.80. The van der Waals surface area contributed by atoms with Crippen LogP contribution in [-0.4, -0.2) is 61.7 Å². The van der Waals surface area contributed by atoms with E-state index in [1.807, 2.05) is 6.92 Å². The number of ether oxygens (including phenoxy) is 1. The van der Waals surface area contributed by atoms with Crippen LogP contribution in [0.2, 0.25) is 0 Å². The molecule has 0 amide bonds. The molecular weight excluding hydrogens is 228 g/mol. The van der Waals surface area contributed by atoms with Crippen LogP contribution in [0, 0.1) is 0 Å². The fraction of sp³-hybridized carbons (Fsp3) is 0.692. The molecule has 1 saturated heterocycles. The molecule has 5 heteroatoms. The van der Waals surface area contributed by atoms with Crippen molar-refractivity contribution in [3.63, 3.8) is 0 Å². The van der Waals surface area contributed by atoms with Crippen molar-refractivity contribution < 1.29 is 4.74 Å². The number of methoxy groups -OCH3 is 1. The van der Waals surface area contributed by atoms with Gasteiger partial charge in [0.05, 0.1) is 13.3 Å². The lowest BCUT2D eigenvalue weighted by atomic mass is 10.2. The van der Waals surface area contributed by atoms with E-state index in [0.717, 1.165) is 32.0 Å². The third kappa shape index (κ3) is 4.14. The second-order valence-electron chi connectivity index (χ2n) is 4.63. The van der Waals surface area contributed by atoms with E-state index in [2.05, 4.69) is 40.3 Å². The molecule has 0 radical (unpaired) electrons. The van der Waals surface area contributed by atoms with E-state index in [1.54, 1.807) is 7.11 Å². The molecule has 1 aliphatic heterocycles. The largest absolute Gasteiger partial charge is 0.480 e. The Morgan fingerprint density at radius 1 is 1.28 bits per heavy atom. The summed E-state index contributed by atoms with van der Waals surface area (Å²) in [5, 5.41) is 0. The summed E-state index contributed by atoms with van der Waals surface area (Å²) in [5.41, 5.74) is 0. The van der Waals surface area contributed by atoms with Crippen molar-refractivity contribution in [3.8, 4) is 0 Å². The summed E-state index contributed by atoms with van der Waals surface area (Å²) >= 11 is 0. The van der Waals surface area contributed by atoms with Crippen LogP contribution in [0.25, 0.3) is 0 Å². The van der Waals surface area contributed by atoms with Gasteiger partial charge in [-0.15, -0.1) is 0 Å². The van der Waals surface area contributed by atoms with E-state index in [4.69, 9.17) is 4.74 Å². The van der Waals surface area contributed by atoms with Gasteiger partial charge in [0.2, 0.25) is 5.88 Å². The van der Waals surface area contributed by atoms with Gasteiger partial charge in [0, 0.05) is 32.2 Å². The number of aliphatic imine (C=N–C) groups is 2. The smallest absolute Gasteiger partial charge is 0.233 e. The minimum atomic E-state index is 0.494. The van der Waals surface area contributed by atoms with Gasteiger partial charge in [-0.2, -0.15) is 4.99 Å². The lowest BCUT2D eigenvalue weighted by molar-refractivity contribution is 0.148. The minimum absolute atomic E-state index is 0.494. The van der Waals surface area contributed by atoms with Gasteiger partial charge < -0.3 is 9.64 Å². The maximum Gasteiger partial charge on any atom is 0.233 e. The standard InChI is InChI=1S/C13H24N4O/c1-11(2)16-6-8-17(9-7-16)12(3)15-13(18-5)10-14-4/h10-11H,4,6-9H2,1-3,5H3/b13-10+,15-12+. The van der Waals surface area contributed by atoms with Crippen LogP contribution < -0.4 is 0 Å². The van der Waals surface area contributed by atoms with Crippen molar-refractivity contribution in [1.29, 1.82) is 0 Å². The third-order valence-electron chi connectivity index (χ3n) is 3.19. The highest BCUT2D eigenvalue weighted by Gasteiger charge is 2.19. The van der Waals surface area contributed by atoms with E-state index in [1.165, 1.54) is 6.20 Å². The van der Waals surface area contributed by atoms with Crippen molar-refractivity contribution in [2.24, 2.45) is 9.98 Å². The van der Waals surface area contributed by atoms with Gasteiger partial charge in [-0.3, -0.25) is 9.89 Å². The van der Waals surface area contributed by atoms with Crippen molar-refractivity contribution >= 4 is 12.6 Å². The Morgan fingerprint density at radius 2 is 1.89 bits per heavy atom. The number of hydrogen-bond donors (Lipinski definition) is 0. The third-order valence-corrected chi connectivity index (χ3v) is 3.19. The zero-order valence-electron chi connectivity index (χ0n) is 11.9. The Labute approximate surface area is 110 Å². The summed E-state index contributed by atoms with van der Waals surface area (Å²) in [6, 6.07) is 0.615. The second-order valence-corrected chi connectivity index (χ2v) is 4.63. The molecule has 0 aromatic carbocycles. The molecule has 0 spiro atoms. The van der Waals surface area contributed by atoms with Crippen LogP contribution in [0.15, 0.2) is 22.1 Å². The molecule has 0 unspecified atom stereocenters. The van der Waals surface area contributed by atoms with Gasteiger partial charge in [-0.25, -0.2) is 0 Å². The topological polar surface area (TPSA) is 40.4 Å². The first-order valence-electron chi connectivity index (χ1n) is 6.32. The zero-order valence-corrected chi connectivity index (χ0v) is 11.9. The zero-order chi connectivity index (χ0) is 13.5. The summed E-state index contributed by atoms with van der Waals surface area (Å²) in [6.07, 6.45) is 1.52. The second kappa shape index (κ2) is 7.16. The van der Waals surface area contributed by atoms with Gasteiger partial charge in [-0.05, 0) is 27.5 Å². The maximum absolute atomic E-state index is 5.11. The monoisotopic (exact) mass is 252 g/mol. The minimum Gasteiger partial charge on any atom is -0.480 e. The van der Waals surface area contributed by atoms with Gasteiger partial charge in [0.15, 0.2) is 0 Å². The first kappa shape index (κ1) is 14.7. The molecule has 1 rings (SSSR count). The van der Waals surface area contributed by atoms with Gasteiger partial charge in [0.25, 0.3) is 0 Å². The molecular formula is C13H24N4O. The normalized spacial score (nSPS) is 19.3. The van der Waals surface area contributed by atoms with Crippen LogP contribution in [0.1, 0.15) is 20.8 Å². The SMILES string of the molecule is C=N/C=C(\N=C(/C)N1CCN(C(C)C)CC1)OC. The Kier molecular flexibility index (Phi) is 5.85. The molecule has 1 heterocycles. The first-order valence-corrected chi connectivity index (χ1v) is 6.32. The Hall–Kier alpha value is -1.36. The maximum atomic E-state index is 5.11. The van der Waals surface area contributed by atoms with Crippen molar-refractivity contribution in [1.82, 2.24) is 9.80 Å². The Morgan fingerprint density at radius 3 is 2.33 bits per heavy atom. The van der Waals surface area contributed by atoms with Crippen molar-refractivity contribution in [3.05, 3.63) is 12.1 Å². The Balaban J connectivity index is 2.59. The van der Waals surface area contributed by atoms with Crippen LogP contribution >= 0.6 is 0 Å². The number of rotatable bonds is 4. The molecule has 0 N–H and O–H groups in total. The van der Waals surface area contributed by atoms with Gasteiger partial charge >= 0.3 is 0 Å². The van der Waals surface area contributed by atoms with Gasteiger partial charge in [-0.1, -0.05) is 0 Å². The van der Waals surface area contributed by atoms with Crippen LogP contribution in [0.3, 0.4) is 0 Å². The quantitative estimate of drug-likeness (QED) is 0.433. The van der Waals surface area contributed by atoms with E-state index in [0.29, 0.717) is 11.9 Å². The molecule has 0 aliphatic carbocycles. The fourth-order valence-electron chi connectivity index (χ4n) is 2.00. The average molecular weight is 252 g/mol. The molecule has 102 valence electrons. The molecule has 0 aromatic rings. The molecule has 0 aromatic heterocycles. The fourth-order valence-corrected chi connectivity index (χ4v) is 2.00. The molecule has 18 heavy (non-hydrogen) atoms. The number of amidine groups is 1. The van der Waals surface area contributed by atoms with E-state index >= 15 is 0 Å². The molecule has 5 nitrogen and oxygen atoms in total. The first-order chi connectivity index (χ1) is 8.58. The predicted molar refractivity (Wildman–Crippen MR) is 76.0 cm³/mol. The highest BCUT2D eigenvalue weighted by Crippen LogP contribution is 2.08. The van der Waals surface area contributed by atoms with E-state index in [-0.39, 0.29) is 0 Å². The van der Waals surface area contributed by atoms with Crippen LogP contribution in [0.4, 0.5) is 0 Å². The molecule has 0 saturated carbocycles.